The van der Waals surface area contributed by atoms with Crippen LogP contribution < -0.4 is 25.8 Å². The third-order valence-electron chi connectivity index (χ3n) is 6.97. The molecule has 4 aromatic carbocycles. The number of nitrogens with zero attached hydrogens (tertiary/aromatic N) is 1. The molecule has 0 bridgehead atoms. The Kier molecular flexibility index (Phi) is 10.7. The van der Waals surface area contributed by atoms with E-state index in [9.17, 15) is 19.5 Å². The Balaban J connectivity index is 1.68. The van der Waals surface area contributed by atoms with Gasteiger partial charge in [-0.25, -0.2) is 0 Å². The second-order valence-corrected chi connectivity index (χ2v) is 10.1. The van der Waals surface area contributed by atoms with Gasteiger partial charge in [0.05, 0.1) is 20.6 Å². The number of benzene rings is 4. The lowest BCUT2D eigenvalue weighted by atomic mass is 10.0. The Labute approximate surface area is 261 Å². The number of aliphatic carboxylic acids is 1. The van der Waals surface area contributed by atoms with E-state index in [4.69, 9.17) is 20.6 Å². The van der Waals surface area contributed by atoms with Gasteiger partial charge in [-0.2, -0.15) is 0 Å². The molecular formula is C34H35N5O6. The Morgan fingerprint density at radius 2 is 1.53 bits per heavy atom. The number of carbonyl (C=O) groups is 3. The van der Waals surface area contributed by atoms with Crippen molar-refractivity contribution in [3.05, 3.63) is 119 Å². The SMILES string of the molecule is COc1ccc(CC(=O)Nc2ccccc2C(Nc2ccc(C(=N)N)cc2)C(=O)N(CC(=O)O)Cc2ccccc2)cc1OC. The van der Waals surface area contributed by atoms with Crippen molar-refractivity contribution in [3.63, 3.8) is 0 Å². The van der Waals surface area contributed by atoms with E-state index in [0.29, 0.717) is 39.6 Å². The molecule has 0 spiro atoms. The van der Waals surface area contributed by atoms with Crippen molar-refractivity contribution >= 4 is 35.0 Å². The van der Waals surface area contributed by atoms with Crippen molar-refractivity contribution in [2.75, 3.05) is 31.4 Å². The fraction of sp³-hybridized carbons (Fsp3) is 0.176. The summed E-state index contributed by atoms with van der Waals surface area (Å²) in [5, 5.41) is 23.5. The molecule has 4 aromatic rings. The maximum Gasteiger partial charge on any atom is 0.323 e. The minimum Gasteiger partial charge on any atom is -0.493 e. The van der Waals surface area contributed by atoms with Gasteiger partial charge >= 0.3 is 5.97 Å². The minimum absolute atomic E-state index is 0.0202. The number of methoxy groups -OCH3 is 2. The maximum atomic E-state index is 14.2. The number of carboxylic acid groups (broad SMARTS) is 1. The lowest BCUT2D eigenvalue weighted by molar-refractivity contribution is -0.145. The number of nitrogens with two attached hydrogens (primary N) is 1. The molecule has 0 radical (unpaired) electrons. The first-order valence-corrected chi connectivity index (χ1v) is 14.0. The molecule has 11 nitrogen and oxygen atoms in total. The number of ether oxygens (including phenoxy) is 2. The van der Waals surface area contributed by atoms with E-state index in [2.05, 4.69) is 10.6 Å². The lowest BCUT2D eigenvalue weighted by Crippen LogP contribution is -2.41. The quantitative estimate of drug-likeness (QED) is 0.103. The molecule has 0 saturated carbocycles. The highest BCUT2D eigenvalue weighted by Crippen LogP contribution is 2.30. The van der Waals surface area contributed by atoms with Crippen LogP contribution in [-0.2, 0) is 27.3 Å². The zero-order chi connectivity index (χ0) is 32.3. The number of amidine groups is 1. The van der Waals surface area contributed by atoms with Crippen LogP contribution >= 0.6 is 0 Å². The summed E-state index contributed by atoms with van der Waals surface area (Å²) in [5.41, 5.74) is 8.90. The zero-order valence-corrected chi connectivity index (χ0v) is 24.9. The zero-order valence-electron chi connectivity index (χ0n) is 24.9. The second kappa shape index (κ2) is 15.1. The number of hydrogen-bond donors (Lipinski definition) is 5. The van der Waals surface area contributed by atoms with Crippen molar-refractivity contribution in [1.29, 1.82) is 5.41 Å². The fourth-order valence-electron chi connectivity index (χ4n) is 4.78. The highest BCUT2D eigenvalue weighted by Gasteiger charge is 2.30. The van der Waals surface area contributed by atoms with E-state index < -0.39 is 24.5 Å². The van der Waals surface area contributed by atoms with Crippen LogP contribution in [0.15, 0.2) is 97.1 Å². The summed E-state index contributed by atoms with van der Waals surface area (Å²) in [5.74, 6) is -1.09. The molecule has 4 rings (SSSR count). The summed E-state index contributed by atoms with van der Waals surface area (Å²) in [4.78, 5) is 40.6. The molecule has 6 N–H and O–H groups in total. The Bertz CT molecular complexity index is 1660. The van der Waals surface area contributed by atoms with Gasteiger partial charge in [0.25, 0.3) is 5.91 Å². The average molecular weight is 610 g/mol. The van der Waals surface area contributed by atoms with Gasteiger partial charge in [0, 0.05) is 29.0 Å². The van der Waals surface area contributed by atoms with Crippen LogP contribution in [0.25, 0.3) is 0 Å². The number of anilines is 2. The topological polar surface area (TPSA) is 167 Å². The largest absolute Gasteiger partial charge is 0.493 e. The summed E-state index contributed by atoms with van der Waals surface area (Å²) in [6.45, 7) is -0.482. The van der Waals surface area contributed by atoms with Crippen molar-refractivity contribution in [2.45, 2.75) is 19.0 Å². The number of amides is 2. The van der Waals surface area contributed by atoms with E-state index in [0.717, 1.165) is 5.56 Å². The molecule has 0 aromatic heterocycles. The Morgan fingerprint density at radius 1 is 0.867 bits per heavy atom. The molecule has 0 aliphatic carbocycles. The molecule has 1 atom stereocenters. The first kappa shape index (κ1) is 32.1. The molecule has 0 fully saturated rings. The lowest BCUT2D eigenvalue weighted by Gasteiger charge is -2.29. The van der Waals surface area contributed by atoms with Crippen LogP contribution in [0.4, 0.5) is 11.4 Å². The minimum atomic E-state index is -1.17. The van der Waals surface area contributed by atoms with Crippen molar-refractivity contribution < 1.29 is 29.0 Å². The number of nitrogen functional groups attached to an aromatic ring is 1. The van der Waals surface area contributed by atoms with Crippen LogP contribution in [0.5, 0.6) is 11.5 Å². The maximum absolute atomic E-state index is 14.2. The second-order valence-electron chi connectivity index (χ2n) is 10.1. The van der Waals surface area contributed by atoms with E-state index in [-0.39, 0.29) is 24.7 Å². The number of rotatable bonds is 14. The summed E-state index contributed by atoms with van der Waals surface area (Å²) in [6.07, 6.45) is 0.0202. The smallest absolute Gasteiger partial charge is 0.323 e. The third kappa shape index (κ3) is 8.60. The molecule has 0 saturated heterocycles. The molecule has 11 heteroatoms. The van der Waals surface area contributed by atoms with E-state index in [1.807, 2.05) is 30.3 Å². The van der Waals surface area contributed by atoms with Gasteiger partial charge in [-0.15, -0.1) is 0 Å². The highest BCUT2D eigenvalue weighted by atomic mass is 16.5. The molecule has 2 amide bonds. The predicted octanol–water partition coefficient (Wildman–Crippen LogP) is 4.44. The molecule has 45 heavy (non-hydrogen) atoms. The normalized spacial score (nSPS) is 11.2. The molecule has 0 aliphatic rings. The number of hydrogen-bond acceptors (Lipinski definition) is 7. The van der Waals surface area contributed by atoms with Gasteiger partial charge in [-0.1, -0.05) is 54.6 Å². The molecule has 0 heterocycles. The van der Waals surface area contributed by atoms with Crippen LogP contribution in [0, 0.1) is 5.41 Å². The summed E-state index contributed by atoms with van der Waals surface area (Å²) >= 11 is 0. The standard InChI is InChI=1S/C34H35N5O6/c1-44-28-17-12-23(18-29(28)45-2)19-30(40)38-27-11-7-6-10-26(27)32(37-25-15-13-24(14-16-25)33(35)36)34(43)39(21-31(41)42)20-22-8-4-3-5-9-22/h3-18,32,37H,19-21H2,1-2H3,(H3,35,36)(H,38,40)(H,41,42). The molecular weight excluding hydrogens is 574 g/mol. The first-order valence-electron chi connectivity index (χ1n) is 14.0. The van der Waals surface area contributed by atoms with Gasteiger partial charge in [-0.05, 0) is 53.6 Å². The number of para-hydroxylation sites is 1. The van der Waals surface area contributed by atoms with Crippen LogP contribution in [0.1, 0.15) is 28.3 Å². The van der Waals surface area contributed by atoms with E-state index in [1.54, 1.807) is 66.7 Å². The summed E-state index contributed by atoms with van der Waals surface area (Å²) in [6, 6.07) is 26.7. The first-order chi connectivity index (χ1) is 21.7. The van der Waals surface area contributed by atoms with Crippen LogP contribution in [-0.4, -0.2) is 54.4 Å². The average Bonchev–Trinajstić information content (AvgIpc) is 3.03. The van der Waals surface area contributed by atoms with Gasteiger partial charge in [0.15, 0.2) is 11.5 Å². The number of carbonyl (C=O) groups excluding carboxylic acids is 2. The predicted molar refractivity (Wildman–Crippen MR) is 172 cm³/mol. The van der Waals surface area contributed by atoms with Gasteiger partial charge in [0.2, 0.25) is 5.91 Å². The molecule has 1 unspecified atom stereocenters. The van der Waals surface area contributed by atoms with Crippen molar-refractivity contribution in [1.82, 2.24) is 4.90 Å². The van der Waals surface area contributed by atoms with Crippen LogP contribution in [0.3, 0.4) is 0 Å². The summed E-state index contributed by atoms with van der Waals surface area (Å²) < 4.78 is 10.6. The fourth-order valence-corrected chi connectivity index (χ4v) is 4.78. The molecule has 232 valence electrons. The van der Waals surface area contributed by atoms with Crippen molar-refractivity contribution in [2.24, 2.45) is 5.73 Å². The van der Waals surface area contributed by atoms with Crippen molar-refractivity contribution in [3.8, 4) is 11.5 Å². The van der Waals surface area contributed by atoms with Gasteiger partial charge in [0.1, 0.15) is 18.4 Å². The Hall–Kier alpha value is -5.84. The Morgan fingerprint density at radius 3 is 2.18 bits per heavy atom. The number of carboxylic acids is 1. The van der Waals surface area contributed by atoms with Gasteiger partial charge < -0.3 is 35.8 Å². The third-order valence-corrected chi connectivity index (χ3v) is 6.97. The summed E-state index contributed by atoms with van der Waals surface area (Å²) in [7, 11) is 3.04. The molecule has 0 aliphatic heterocycles. The van der Waals surface area contributed by atoms with Crippen LogP contribution in [0.2, 0.25) is 0 Å². The van der Waals surface area contributed by atoms with E-state index in [1.165, 1.54) is 19.1 Å². The van der Waals surface area contributed by atoms with E-state index >= 15 is 0 Å². The van der Waals surface area contributed by atoms with Gasteiger partial charge in [-0.3, -0.25) is 19.8 Å². The highest BCUT2D eigenvalue weighted by molar-refractivity contribution is 5.97. The monoisotopic (exact) mass is 609 g/mol. The number of nitrogens with one attached hydrogen (secondary N) is 3.